The summed E-state index contributed by atoms with van der Waals surface area (Å²) in [6, 6.07) is 10.3. The van der Waals surface area contributed by atoms with E-state index in [-0.39, 0.29) is 0 Å². The van der Waals surface area contributed by atoms with Gasteiger partial charge in [0, 0.05) is 65.7 Å². The number of terminal acetylenes is 1. The molecule has 4 N–H and O–H groups in total. The lowest BCUT2D eigenvalue weighted by molar-refractivity contribution is 0.746. The number of unbranched alkanes of at least 4 members (excludes halogenated alkanes) is 1. The molecule has 5 heterocycles. The minimum Gasteiger partial charge on any atom is -0.385 e. The minimum absolute atomic E-state index is 0.386. The van der Waals surface area contributed by atoms with Gasteiger partial charge in [-0.1, -0.05) is 80.6 Å². The second-order valence-electron chi connectivity index (χ2n) is 13.0. The van der Waals surface area contributed by atoms with E-state index in [1.165, 1.54) is 43.0 Å². The molecule has 5 aromatic heterocycles. The summed E-state index contributed by atoms with van der Waals surface area (Å²) in [7, 11) is 0. The first-order valence-corrected chi connectivity index (χ1v) is 19.8. The lowest BCUT2D eigenvalue weighted by atomic mass is 10.0. The Morgan fingerprint density at radius 3 is 2.31 bits per heavy atom. The molecule has 0 bridgehead atoms. The third-order valence-corrected chi connectivity index (χ3v) is 8.85. The van der Waals surface area contributed by atoms with Gasteiger partial charge < -0.3 is 21.4 Å². The highest BCUT2D eigenvalue weighted by atomic mass is 15.3. The smallest absolute Gasteiger partial charge is 0.164 e. The van der Waals surface area contributed by atoms with Crippen molar-refractivity contribution in [1.82, 2.24) is 29.7 Å². The molecule has 0 aliphatic heterocycles. The van der Waals surface area contributed by atoms with Gasteiger partial charge in [0.25, 0.3) is 0 Å². The summed E-state index contributed by atoms with van der Waals surface area (Å²) in [6.07, 6.45) is 24.8. The molecule has 0 atom stereocenters. The number of hydrogen-bond donors (Lipinski definition) is 4. The van der Waals surface area contributed by atoms with Crippen LogP contribution in [0.25, 0.3) is 16.9 Å². The highest BCUT2D eigenvalue weighted by Crippen LogP contribution is 2.29. The number of nitrogens with one attached hydrogen (secondary N) is 4. The van der Waals surface area contributed by atoms with Gasteiger partial charge in [-0.05, 0) is 67.3 Å². The molecule has 5 aromatic rings. The van der Waals surface area contributed by atoms with Crippen molar-refractivity contribution in [2.24, 2.45) is 0 Å². The zero-order valence-electron chi connectivity index (χ0n) is 34.0. The van der Waals surface area contributed by atoms with Crippen LogP contribution < -0.4 is 16.0 Å². The molecule has 0 unspecified atom stereocenters. The molecule has 6 rings (SSSR count). The van der Waals surface area contributed by atoms with Crippen molar-refractivity contribution in [3.8, 4) is 24.2 Å². The summed E-state index contributed by atoms with van der Waals surface area (Å²) in [5.74, 6) is 4.98. The topological polar surface area (TPSA) is 153 Å². The standard InChI is InChI=1S/C22H27N5.C18H20N6.2C2H6/c1-3-5-8-17-12-21(24-15-20(17)26-19-9-6-7-10-19)27-22-18(13-23)11-16(4-2)14-25-22;1-4-5-20-16-7-17(21-11-15(16)12(2)3)24-18-14(10-23-24)6-13(8-19)9-22-18;2*1-2/h2,11-15,19,23,26H,3,5-10H2,1H3,(H,24,25,27);6-7,9-12H,4-5H2,1-3H3,(H,20,21);2*1-2H3. The van der Waals surface area contributed by atoms with Crippen LogP contribution in [0.4, 0.5) is 23.0 Å². The Morgan fingerprint density at radius 1 is 0.909 bits per heavy atom. The Labute approximate surface area is 328 Å². The maximum Gasteiger partial charge on any atom is 0.164 e. The van der Waals surface area contributed by atoms with E-state index in [9.17, 15) is 0 Å². The fourth-order valence-corrected chi connectivity index (χ4v) is 6.05. The SMILES string of the molecule is C#Cc1cnc(Nc2cc(CCCC)c(NC3CCCC3)cn2)c(C=N)c1.CC.CC.CCCNc1cc(-n2ncc3cc(C#N)cnc32)ncc1C(C)C. The molecule has 55 heavy (non-hydrogen) atoms. The predicted octanol–water partition coefficient (Wildman–Crippen LogP) is 10.6. The first kappa shape index (κ1) is 43.6. The van der Waals surface area contributed by atoms with Crippen molar-refractivity contribution in [2.45, 2.75) is 119 Å². The first-order valence-electron chi connectivity index (χ1n) is 19.8. The minimum atomic E-state index is 0.386. The number of nitriles is 1. The van der Waals surface area contributed by atoms with Crippen molar-refractivity contribution >= 4 is 40.3 Å². The van der Waals surface area contributed by atoms with Gasteiger partial charge in [0.15, 0.2) is 11.5 Å². The quantitative estimate of drug-likeness (QED) is 0.0682. The zero-order chi connectivity index (χ0) is 40.2. The molecule has 0 aromatic carbocycles. The Bertz CT molecular complexity index is 2030. The molecule has 0 radical (unpaired) electrons. The van der Waals surface area contributed by atoms with E-state index in [0.29, 0.717) is 45.9 Å². The molecule has 1 saturated carbocycles. The fourth-order valence-electron chi connectivity index (χ4n) is 6.05. The van der Waals surface area contributed by atoms with Crippen molar-refractivity contribution in [1.29, 1.82) is 10.7 Å². The van der Waals surface area contributed by atoms with Crippen molar-refractivity contribution in [3.63, 3.8) is 0 Å². The van der Waals surface area contributed by atoms with Crippen molar-refractivity contribution < 1.29 is 0 Å². The Balaban J connectivity index is 0.000000272. The number of aromatic nitrogens is 6. The maximum atomic E-state index is 8.98. The second kappa shape index (κ2) is 23.1. The number of fused-ring (bicyclic) bond motifs is 1. The van der Waals surface area contributed by atoms with Crippen LogP contribution in [0.5, 0.6) is 0 Å². The number of pyridine rings is 4. The molecular weight excluding hydrogens is 683 g/mol. The molecule has 1 aliphatic rings. The average Bonchev–Trinajstić information content (AvgIpc) is 3.91. The van der Waals surface area contributed by atoms with Crippen LogP contribution >= 0.6 is 0 Å². The van der Waals surface area contributed by atoms with Gasteiger partial charge in [-0.25, -0.2) is 19.9 Å². The first-order chi connectivity index (χ1) is 26.9. The number of anilines is 4. The van der Waals surface area contributed by atoms with Crippen LogP contribution in [0.1, 0.15) is 134 Å². The lowest BCUT2D eigenvalue weighted by Crippen LogP contribution is -2.16. The Morgan fingerprint density at radius 2 is 1.65 bits per heavy atom. The number of rotatable bonds is 13. The van der Waals surface area contributed by atoms with Crippen molar-refractivity contribution in [2.75, 3.05) is 22.5 Å². The van der Waals surface area contributed by atoms with E-state index >= 15 is 0 Å². The monoisotopic (exact) mass is 741 g/mol. The molecule has 1 aliphatic carbocycles. The molecular formula is C44H59N11. The fraction of sp³-hybridized carbons (Fsp3) is 0.432. The number of nitrogens with zero attached hydrogens (tertiary/aromatic N) is 7. The van der Waals surface area contributed by atoms with Crippen LogP contribution in [-0.4, -0.2) is 48.5 Å². The Kier molecular flexibility index (Phi) is 18.3. The van der Waals surface area contributed by atoms with Gasteiger partial charge in [0.2, 0.25) is 0 Å². The van der Waals surface area contributed by atoms with Crippen LogP contribution in [0.2, 0.25) is 0 Å². The predicted molar refractivity (Wildman–Crippen MR) is 229 cm³/mol. The van der Waals surface area contributed by atoms with E-state index < -0.39 is 0 Å². The van der Waals surface area contributed by atoms with E-state index in [0.717, 1.165) is 54.8 Å². The molecule has 290 valence electrons. The summed E-state index contributed by atoms with van der Waals surface area (Å²) in [6.45, 7) is 17.6. The highest BCUT2D eigenvalue weighted by molar-refractivity contribution is 5.86. The Hall–Kier alpha value is -5.81. The van der Waals surface area contributed by atoms with Crippen LogP contribution in [0.15, 0.2) is 55.2 Å². The van der Waals surface area contributed by atoms with Crippen LogP contribution in [0, 0.1) is 29.1 Å². The van der Waals surface area contributed by atoms with E-state index in [1.54, 1.807) is 35.4 Å². The van der Waals surface area contributed by atoms with Gasteiger partial charge in [0.05, 0.1) is 23.6 Å². The normalized spacial score (nSPS) is 11.8. The average molecular weight is 742 g/mol. The lowest BCUT2D eigenvalue weighted by Gasteiger charge is -2.18. The number of aryl methyl sites for hydroxylation is 1. The van der Waals surface area contributed by atoms with Gasteiger partial charge in [0.1, 0.15) is 17.7 Å². The van der Waals surface area contributed by atoms with Crippen LogP contribution in [-0.2, 0) is 6.42 Å². The van der Waals surface area contributed by atoms with E-state index in [1.807, 2.05) is 46.2 Å². The van der Waals surface area contributed by atoms with Gasteiger partial charge in [-0.3, -0.25) is 0 Å². The van der Waals surface area contributed by atoms with Gasteiger partial charge in [-0.15, -0.1) is 6.42 Å². The highest BCUT2D eigenvalue weighted by Gasteiger charge is 2.17. The van der Waals surface area contributed by atoms with Crippen molar-refractivity contribution in [3.05, 3.63) is 83.1 Å². The molecule has 0 spiro atoms. The van der Waals surface area contributed by atoms with Gasteiger partial charge in [-0.2, -0.15) is 15.0 Å². The maximum absolute atomic E-state index is 8.98. The van der Waals surface area contributed by atoms with Gasteiger partial charge >= 0.3 is 0 Å². The third-order valence-electron chi connectivity index (χ3n) is 8.85. The van der Waals surface area contributed by atoms with E-state index in [4.69, 9.17) is 17.1 Å². The summed E-state index contributed by atoms with van der Waals surface area (Å²) in [5.41, 5.74) is 7.21. The zero-order valence-corrected chi connectivity index (χ0v) is 34.0. The molecule has 11 heteroatoms. The molecule has 0 saturated heterocycles. The summed E-state index contributed by atoms with van der Waals surface area (Å²) in [5, 5.41) is 32.2. The molecule has 1 fully saturated rings. The summed E-state index contributed by atoms with van der Waals surface area (Å²) >= 11 is 0. The molecule has 11 nitrogen and oxygen atoms in total. The molecule has 0 amide bonds. The van der Waals surface area contributed by atoms with Crippen LogP contribution in [0.3, 0.4) is 0 Å². The largest absolute Gasteiger partial charge is 0.385 e. The van der Waals surface area contributed by atoms with E-state index in [2.05, 4.69) is 86.7 Å². The summed E-state index contributed by atoms with van der Waals surface area (Å²) in [4.78, 5) is 17.8. The summed E-state index contributed by atoms with van der Waals surface area (Å²) < 4.78 is 1.71. The third kappa shape index (κ3) is 12.1. The second-order valence-corrected chi connectivity index (χ2v) is 13.0. The number of hydrogen-bond acceptors (Lipinski definition) is 10.